The Bertz CT molecular complexity index is 1900. The molecule has 0 saturated heterocycles. The predicted molar refractivity (Wildman–Crippen MR) is 150 cm³/mol. The Balaban J connectivity index is 0.00000462. The molecule has 0 aliphatic heterocycles. The van der Waals surface area contributed by atoms with Gasteiger partial charge >= 0.3 is 29.6 Å². The number of alkyl halides is 1. The molecule has 0 unspecified atom stereocenters. The van der Waals surface area contributed by atoms with Gasteiger partial charge in [-0.1, -0.05) is 24.3 Å². The van der Waals surface area contributed by atoms with Gasteiger partial charge in [-0.05, 0) is 54.3 Å². The van der Waals surface area contributed by atoms with Gasteiger partial charge in [0.05, 0.1) is 26.6 Å². The first-order valence-electron chi connectivity index (χ1n) is 11.3. The number of para-hydroxylation sites is 1. The van der Waals surface area contributed by atoms with Crippen LogP contribution in [0.1, 0.15) is 5.56 Å². The minimum absolute atomic E-state index is 0. The number of nitrogens with one attached hydrogen (secondary N) is 2. The predicted octanol–water partition coefficient (Wildman–Crippen LogP) is 1.74. The molecule has 16 heteroatoms. The molecular formula is C25H21ClN5NaO7S2. The number of amides is 1. The largest absolute Gasteiger partial charge is 1.00 e. The number of azo groups is 1. The van der Waals surface area contributed by atoms with Crippen LogP contribution in [0.25, 0.3) is 10.8 Å². The summed E-state index contributed by atoms with van der Waals surface area (Å²) in [6.07, 6.45) is 0. The number of sulfonamides is 1. The Kier molecular flexibility index (Phi) is 10.0. The van der Waals surface area contributed by atoms with Gasteiger partial charge in [-0.2, -0.15) is 0 Å². The number of hydrogen-bond donors (Lipinski definition) is 4. The fourth-order valence-corrected chi connectivity index (χ4v) is 5.63. The van der Waals surface area contributed by atoms with Crippen LogP contribution in [0.2, 0.25) is 0 Å². The molecule has 0 atom stereocenters. The molecule has 0 bridgehead atoms. The summed E-state index contributed by atoms with van der Waals surface area (Å²) in [6.45, 7) is 1.74. The molecule has 0 heterocycles. The molecule has 5 N–H and O–H groups in total. The number of hydrogen-bond acceptors (Lipinski definition) is 10. The molecule has 0 saturated carbocycles. The third-order valence-corrected chi connectivity index (χ3v) is 8.12. The van der Waals surface area contributed by atoms with Crippen LogP contribution < -0.4 is 45.3 Å². The van der Waals surface area contributed by atoms with Crippen molar-refractivity contribution in [1.29, 1.82) is 0 Å². The van der Waals surface area contributed by atoms with Crippen molar-refractivity contribution in [2.75, 3.05) is 21.7 Å². The topological polar surface area (TPSA) is 203 Å². The van der Waals surface area contributed by atoms with E-state index in [-0.39, 0.29) is 68.0 Å². The van der Waals surface area contributed by atoms with Crippen molar-refractivity contribution in [1.82, 2.24) is 0 Å². The van der Waals surface area contributed by atoms with E-state index >= 15 is 0 Å². The summed E-state index contributed by atoms with van der Waals surface area (Å²) in [5.74, 6) is -1.50. The molecule has 0 spiro atoms. The number of phenolic OH excluding ortho intramolecular Hbond substituents is 1. The second kappa shape index (κ2) is 12.7. The van der Waals surface area contributed by atoms with E-state index in [0.717, 1.165) is 18.2 Å². The average Bonchev–Trinajstić information content (AvgIpc) is 2.89. The fourth-order valence-electron chi connectivity index (χ4n) is 3.74. The van der Waals surface area contributed by atoms with Crippen molar-refractivity contribution in [2.24, 2.45) is 10.2 Å². The zero-order chi connectivity index (χ0) is 29.2. The number of anilines is 3. The van der Waals surface area contributed by atoms with Gasteiger partial charge in [-0.15, -0.1) is 21.8 Å². The molecule has 4 aromatic carbocycles. The summed E-state index contributed by atoms with van der Waals surface area (Å²) >= 11 is 5.44. The summed E-state index contributed by atoms with van der Waals surface area (Å²) in [4.78, 5) is 10.5. The van der Waals surface area contributed by atoms with Gasteiger partial charge in [-0.3, -0.25) is 9.52 Å². The van der Waals surface area contributed by atoms with Crippen LogP contribution in [0, 0.1) is 6.92 Å². The van der Waals surface area contributed by atoms with E-state index < -0.39 is 42.6 Å². The van der Waals surface area contributed by atoms with E-state index in [1.807, 2.05) is 0 Å². The van der Waals surface area contributed by atoms with E-state index in [0.29, 0.717) is 11.3 Å². The third kappa shape index (κ3) is 7.35. The maximum atomic E-state index is 13.0. The minimum Gasteiger partial charge on any atom is -0.744 e. The van der Waals surface area contributed by atoms with E-state index in [1.54, 1.807) is 31.2 Å². The van der Waals surface area contributed by atoms with Crippen LogP contribution in [-0.4, -0.2) is 38.3 Å². The Morgan fingerprint density at radius 1 is 1.02 bits per heavy atom. The zero-order valence-electron chi connectivity index (χ0n) is 21.6. The summed E-state index contributed by atoms with van der Waals surface area (Å²) in [6, 6.07) is 15.3. The van der Waals surface area contributed by atoms with Crippen molar-refractivity contribution in [3.63, 3.8) is 0 Å². The fraction of sp³-hybridized carbons (Fsp3) is 0.0800. The van der Waals surface area contributed by atoms with Crippen molar-refractivity contribution in [3.8, 4) is 5.75 Å². The molecule has 0 aliphatic rings. The number of rotatable bonds is 8. The molecule has 208 valence electrons. The molecule has 0 aliphatic carbocycles. The molecule has 4 aromatic rings. The van der Waals surface area contributed by atoms with Gasteiger partial charge in [0.1, 0.15) is 33.1 Å². The number of carbonyl (C=O) groups is 1. The van der Waals surface area contributed by atoms with Crippen LogP contribution in [-0.2, 0) is 24.9 Å². The Labute approximate surface area is 262 Å². The number of phenols is 1. The Morgan fingerprint density at radius 3 is 2.39 bits per heavy atom. The maximum absolute atomic E-state index is 13.0. The van der Waals surface area contributed by atoms with Crippen LogP contribution >= 0.6 is 11.6 Å². The zero-order valence-corrected chi connectivity index (χ0v) is 26.0. The van der Waals surface area contributed by atoms with Gasteiger partial charge in [0.15, 0.2) is 0 Å². The van der Waals surface area contributed by atoms with Crippen LogP contribution in [0.3, 0.4) is 0 Å². The number of fused-ring (bicyclic) bond motifs is 1. The van der Waals surface area contributed by atoms with Crippen molar-refractivity contribution in [3.05, 3.63) is 72.3 Å². The van der Waals surface area contributed by atoms with E-state index in [9.17, 15) is 31.3 Å². The summed E-state index contributed by atoms with van der Waals surface area (Å²) in [5.41, 5.74) is 6.67. The minimum atomic E-state index is -5.06. The quantitative estimate of drug-likeness (QED) is 0.0744. The first kappa shape index (κ1) is 32.3. The summed E-state index contributed by atoms with van der Waals surface area (Å²) in [7, 11) is -9.16. The number of aryl methyl sites for hydroxylation is 1. The Hall–Kier alpha value is -3.24. The number of benzene rings is 4. The smallest absolute Gasteiger partial charge is 0.744 e. The molecule has 0 radical (unpaired) electrons. The second-order valence-corrected chi connectivity index (χ2v) is 11.8. The maximum Gasteiger partial charge on any atom is 1.00 e. The molecule has 12 nitrogen and oxygen atoms in total. The summed E-state index contributed by atoms with van der Waals surface area (Å²) < 4.78 is 64.2. The van der Waals surface area contributed by atoms with Crippen molar-refractivity contribution >= 4 is 76.9 Å². The molecular weight excluding hydrogens is 605 g/mol. The molecule has 4 rings (SSSR count). The van der Waals surface area contributed by atoms with Gasteiger partial charge in [-0.25, -0.2) is 16.8 Å². The Morgan fingerprint density at radius 2 is 1.73 bits per heavy atom. The number of halogens is 1. The van der Waals surface area contributed by atoms with Gasteiger partial charge in [0, 0.05) is 11.8 Å². The van der Waals surface area contributed by atoms with Crippen molar-refractivity contribution in [2.45, 2.75) is 16.7 Å². The van der Waals surface area contributed by atoms with E-state index in [1.165, 1.54) is 24.3 Å². The van der Waals surface area contributed by atoms with Crippen LogP contribution in [0.5, 0.6) is 5.75 Å². The molecule has 1 amide bonds. The van der Waals surface area contributed by atoms with Gasteiger partial charge in [0.2, 0.25) is 5.91 Å². The number of nitrogens with zero attached hydrogens (tertiary/aromatic N) is 2. The average molecular weight is 626 g/mol. The van der Waals surface area contributed by atoms with Crippen LogP contribution in [0.15, 0.2) is 86.7 Å². The number of nitrogen functional groups attached to an aromatic ring is 1. The van der Waals surface area contributed by atoms with E-state index in [4.69, 9.17) is 17.3 Å². The first-order chi connectivity index (χ1) is 18.8. The van der Waals surface area contributed by atoms with Crippen LogP contribution in [0.4, 0.5) is 28.4 Å². The third-order valence-electron chi connectivity index (χ3n) is 5.67. The number of aromatic hydroxyl groups is 1. The van der Waals surface area contributed by atoms with Crippen molar-refractivity contribution < 1.29 is 60.8 Å². The van der Waals surface area contributed by atoms with E-state index in [2.05, 4.69) is 20.3 Å². The second-order valence-electron chi connectivity index (χ2n) is 8.48. The normalized spacial score (nSPS) is 11.8. The van der Waals surface area contributed by atoms with Gasteiger partial charge < -0.3 is 20.7 Å². The standard InChI is InChI=1S/C25H22ClN5O7S2.Na/c1-14-4-2-3-5-19(14)31-39(34,35)17-10-15-6-8-18(27)25(24(15)21(32)12-17)30-29-20-9-7-16(28-23(33)13-26)11-22(20)40(36,37)38;/h2-12,31-32H,13,27H2,1H3,(H,28,33)(H,36,37,38);/q;+1/p-1. The first-order valence-corrected chi connectivity index (χ1v) is 14.7. The SMILES string of the molecule is Cc1ccccc1NS(=O)(=O)c1cc(O)c2c(N=Nc3ccc(NC(=O)CCl)cc3S(=O)(=O)[O-])c(N)ccc2c1.[Na+]. The number of nitrogens with two attached hydrogens (primary N) is 1. The number of carbonyl (C=O) groups excluding carboxylic acids is 1. The molecule has 0 aromatic heterocycles. The summed E-state index contributed by atoms with van der Waals surface area (Å²) in [5, 5.41) is 21.3. The molecule has 41 heavy (non-hydrogen) atoms. The molecule has 0 fully saturated rings. The monoisotopic (exact) mass is 625 g/mol. The van der Waals surface area contributed by atoms with Gasteiger partial charge in [0.25, 0.3) is 10.0 Å².